The summed E-state index contributed by atoms with van der Waals surface area (Å²) >= 11 is 0. The molecular weight excluding hydrogens is 262 g/mol. The maximum absolute atomic E-state index is 12.3. The Labute approximate surface area is 114 Å². The molecule has 1 rings (SSSR count). The quantitative estimate of drug-likeness (QED) is 0.877. The van der Waals surface area contributed by atoms with E-state index in [0.29, 0.717) is 11.3 Å². The lowest BCUT2D eigenvalue weighted by Crippen LogP contribution is -2.32. The molecule has 0 aromatic heterocycles. The van der Waals surface area contributed by atoms with Gasteiger partial charge in [0, 0.05) is 0 Å². The van der Waals surface area contributed by atoms with Crippen molar-refractivity contribution in [1.82, 2.24) is 0 Å². The summed E-state index contributed by atoms with van der Waals surface area (Å²) < 4.78 is 15.9. The van der Waals surface area contributed by atoms with Crippen LogP contribution in [0.4, 0.5) is 0 Å². The third-order valence-corrected chi connectivity index (χ3v) is 3.98. The first-order valence-electron chi connectivity index (χ1n) is 6.13. The Kier molecular flexibility index (Phi) is 5.22. The predicted molar refractivity (Wildman–Crippen MR) is 76.6 cm³/mol. The second-order valence-corrected chi connectivity index (χ2v) is 6.84. The molecule has 0 saturated carbocycles. The van der Waals surface area contributed by atoms with E-state index in [9.17, 15) is 9.00 Å². The van der Waals surface area contributed by atoms with Gasteiger partial charge >= 0.3 is 0 Å². The first-order valence-corrected chi connectivity index (χ1v) is 7.71. The number of benzene rings is 1. The molecule has 6 heteroatoms. The molecule has 4 N–H and O–H groups in total. The number of amides is 1. The van der Waals surface area contributed by atoms with Crippen LogP contribution >= 0.6 is 0 Å². The van der Waals surface area contributed by atoms with E-state index in [1.807, 2.05) is 26.8 Å². The first-order chi connectivity index (χ1) is 8.72. The molecule has 0 saturated heterocycles. The molecule has 1 aromatic rings. The zero-order valence-corrected chi connectivity index (χ0v) is 12.3. The smallest absolute Gasteiger partial charge is 0.271 e. The summed E-state index contributed by atoms with van der Waals surface area (Å²) in [5.74, 6) is -0.343. The standard InChI is InChI=1S/C13H21N3O2S/c1-9(2)7-12(14)13(17)16-19(15,18)11-6-4-5-10(3)8-11/h4-6,8-9,12H,7,14H2,1-3H3,(H2,15,16,17,18)/t12-,19?/m0/s1. The molecule has 1 unspecified atom stereocenters. The van der Waals surface area contributed by atoms with Crippen LogP contribution in [-0.2, 0) is 14.7 Å². The molecule has 0 bridgehead atoms. The lowest BCUT2D eigenvalue weighted by Gasteiger charge is -2.11. The van der Waals surface area contributed by atoms with E-state index >= 15 is 0 Å². The van der Waals surface area contributed by atoms with Crippen molar-refractivity contribution in [2.24, 2.45) is 21.2 Å². The molecule has 0 aliphatic rings. The number of hydrogen-bond donors (Lipinski definition) is 2. The lowest BCUT2D eigenvalue weighted by atomic mass is 10.0. The predicted octanol–water partition coefficient (Wildman–Crippen LogP) is 1.60. The van der Waals surface area contributed by atoms with Gasteiger partial charge in [-0.3, -0.25) is 4.79 Å². The molecule has 0 aliphatic heterocycles. The monoisotopic (exact) mass is 283 g/mol. The van der Waals surface area contributed by atoms with E-state index in [-0.39, 0.29) is 5.92 Å². The highest BCUT2D eigenvalue weighted by molar-refractivity contribution is 7.91. The molecule has 5 nitrogen and oxygen atoms in total. The van der Waals surface area contributed by atoms with Gasteiger partial charge in [-0.15, -0.1) is 4.36 Å². The topological polar surface area (TPSA) is 98.5 Å². The van der Waals surface area contributed by atoms with Gasteiger partial charge in [-0.1, -0.05) is 26.0 Å². The van der Waals surface area contributed by atoms with Crippen molar-refractivity contribution in [3.8, 4) is 0 Å². The largest absolute Gasteiger partial charge is 0.320 e. The fourth-order valence-corrected chi connectivity index (χ4v) is 2.80. The molecular formula is C13H21N3O2S. The normalized spacial score (nSPS) is 15.9. The molecule has 19 heavy (non-hydrogen) atoms. The summed E-state index contributed by atoms with van der Waals surface area (Å²) in [6.45, 7) is 5.76. The van der Waals surface area contributed by atoms with Crippen LogP contribution in [0.3, 0.4) is 0 Å². The summed E-state index contributed by atoms with van der Waals surface area (Å²) in [6, 6.07) is 6.08. The highest BCUT2D eigenvalue weighted by Gasteiger charge is 2.17. The van der Waals surface area contributed by atoms with Gasteiger partial charge in [0.25, 0.3) is 5.91 Å². The number of carbonyl (C=O) groups is 1. The summed E-state index contributed by atoms with van der Waals surface area (Å²) in [4.78, 5) is 12.1. The summed E-state index contributed by atoms with van der Waals surface area (Å²) in [7, 11) is -3.22. The SMILES string of the molecule is Cc1cccc(S(N)(=O)=NC(=O)[C@@H](N)CC(C)C)c1. The number of rotatable bonds is 4. The van der Waals surface area contributed by atoms with Crippen LogP contribution in [0.25, 0.3) is 0 Å². The van der Waals surface area contributed by atoms with Gasteiger partial charge in [0.2, 0.25) is 0 Å². The molecule has 0 radical (unpaired) electrons. The maximum Gasteiger partial charge on any atom is 0.271 e. The van der Waals surface area contributed by atoms with E-state index in [0.717, 1.165) is 5.56 Å². The first kappa shape index (κ1) is 15.8. The highest BCUT2D eigenvalue weighted by atomic mass is 32.2. The van der Waals surface area contributed by atoms with E-state index < -0.39 is 21.9 Å². The zero-order chi connectivity index (χ0) is 14.6. The van der Waals surface area contributed by atoms with Gasteiger partial charge in [-0.05, 0) is 37.0 Å². The fraction of sp³-hybridized carbons (Fsp3) is 0.462. The Morgan fingerprint density at radius 2 is 2.05 bits per heavy atom. The Hall–Kier alpha value is -1.24. The number of nitrogens with two attached hydrogens (primary N) is 2. The molecule has 2 atom stereocenters. The third-order valence-electron chi connectivity index (χ3n) is 2.60. The van der Waals surface area contributed by atoms with Crippen molar-refractivity contribution in [1.29, 1.82) is 0 Å². The molecule has 0 fully saturated rings. The van der Waals surface area contributed by atoms with Crippen LogP contribution in [-0.4, -0.2) is 16.2 Å². The van der Waals surface area contributed by atoms with Gasteiger partial charge in [-0.25, -0.2) is 9.35 Å². The second kappa shape index (κ2) is 6.27. The van der Waals surface area contributed by atoms with E-state index in [2.05, 4.69) is 4.36 Å². The maximum atomic E-state index is 12.3. The number of aryl methyl sites for hydroxylation is 1. The van der Waals surface area contributed by atoms with Crippen molar-refractivity contribution in [2.45, 2.75) is 38.1 Å². The molecule has 106 valence electrons. The average Bonchev–Trinajstić information content (AvgIpc) is 2.27. The average molecular weight is 283 g/mol. The second-order valence-electron chi connectivity index (χ2n) is 5.05. The van der Waals surface area contributed by atoms with Gasteiger partial charge in [-0.2, -0.15) is 0 Å². The Balaban J connectivity index is 3.03. The molecule has 1 amide bonds. The minimum atomic E-state index is -3.22. The van der Waals surface area contributed by atoms with Crippen LogP contribution in [0.1, 0.15) is 25.8 Å². The molecule has 1 aromatic carbocycles. The minimum Gasteiger partial charge on any atom is -0.320 e. The fourth-order valence-electron chi connectivity index (χ4n) is 1.66. The van der Waals surface area contributed by atoms with E-state index in [1.165, 1.54) is 0 Å². The van der Waals surface area contributed by atoms with Crippen molar-refractivity contribution in [2.75, 3.05) is 0 Å². The zero-order valence-electron chi connectivity index (χ0n) is 11.5. The van der Waals surface area contributed by atoms with E-state index in [4.69, 9.17) is 10.9 Å². The van der Waals surface area contributed by atoms with Crippen molar-refractivity contribution >= 4 is 15.8 Å². The molecule has 0 aliphatic carbocycles. The highest BCUT2D eigenvalue weighted by Crippen LogP contribution is 2.12. The van der Waals surface area contributed by atoms with Crippen molar-refractivity contribution in [3.63, 3.8) is 0 Å². The van der Waals surface area contributed by atoms with E-state index in [1.54, 1.807) is 18.2 Å². The van der Waals surface area contributed by atoms with Crippen LogP contribution in [0.2, 0.25) is 0 Å². The Morgan fingerprint density at radius 1 is 1.42 bits per heavy atom. The van der Waals surface area contributed by atoms with Gasteiger partial charge < -0.3 is 5.73 Å². The Bertz CT molecular complexity index is 575. The van der Waals surface area contributed by atoms with Crippen LogP contribution in [0.5, 0.6) is 0 Å². The third kappa shape index (κ3) is 4.74. The van der Waals surface area contributed by atoms with Crippen molar-refractivity contribution in [3.05, 3.63) is 29.8 Å². The van der Waals surface area contributed by atoms with Crippen LogP contribution in [0, 0.1) is 12.8 Å². The molecule has 0 heterocycles. The van der Waals surface area contributed by atoms with Crippen LogP contribution < -0.4 is 10.9 Å². The summed E-state index contributed by atoms with van der Waals surface area (Å²) in [5, 5.41) is 5.66. The van der Waals surface area contributed by atoms with Crippen LogP contribution in [0.15, 0.2) is 33.5 Å². The minimum absolute atomic E-state index is 0.266. The Morgan fingerprint density at radius 3 is 2.58 bits per heavy atom. The van der Waals surface area contributed by atoms with Gasteiger partial charge in [0.1, 0.15) is 9.92 Å². The molecule has 0 spiro atoms. The number of carbonyl (C=O) groups excluding carboxylic acids is 1. The lowest BCUT2D eigenvalue weighted by molar-refractivity contribution is -0.119. The van der Waals surface area contributed by atoms with Gasteiger partial charge in [0.05, 0.1) is 10.9 Å². The summed E-state index contributed by atoms with van der Waals surface area (Å²) in [6.07, 6.45) is 0.492. The van der Waals surface area contributed by atoms with Gasteiger partial charge in [0.15, 0.2) is 0 Å². The summed E-state index contributed by atoms with van der Waals surface area (Å²) in [5.41, 5.74) is 6.62. The van der Waals surface area contributed by atoms with Crippen molar-refractivity contribution < 1.29 is 9.00 Å². The number of hydrogen-bond acceptors (Lipinski definition) is 3. The number of nitrogens with zero attached hydrogens (tertiary/aromatic N) is 1.